The highest BCUT2D eigenvalue weighted by Crippen LogP contribution is 2.17. The third-order valence-electron chi connectivity index (χ3n) is 2.54. The van der Waals surface area contributed by atoms with Crippen molar-refractivity contribution in [2.75, 3.05) is 6.54 Å². The van der Waals surface area contributed by atoms with Crippen LogP contribution in [0.5, 0.6) is 0 Å². The minimum absolute atomic E-state index is 0.792. The molecule has 1 rings (SSSR count). The summed E-state index contributed by atoms with van der Waals surface area (Å²) in [5.41, 5.74) is 6.60. The monoisotopic (exact) mass is 184 g/mol. The van der Waals surface area contributed by atoms with Crippen molar-refractivity contribution < 1.29 is 0 Å². The van der Waals surface area contributed by atoms with Crippen LogP contribution in [0.25, 0.3) is 0 Å². The van der Waals surface area contributed by atoms with Gasteiger partial charge >= 0.3 is 0 Å². The summed E-state index contributed by atoms with van der Waals surface area (Å²) in [5.74, 6) is 0. The topological polar surface area (TPSA) is 24.1 Å². The largest absolute Gasteiger partial charge is 0.258 e. The van der Waals surface area contributed by atoms with Crippen molar-refractivity contribution >= 4 is 0 Å². The molecule has 0 aromatic carbocycles. The number of rotatable bonds is 9. The van der Waals surface area contributed by atoms with E-state index in [-0.39, 0.29) is 0 Å². The van der Waals surface area contributed by atoms with Gasteiger partial charge in [0.05, 0.1) is 0 Å². The van der Waals surface area contributed by atoms with Gasteiger partial charge in [0.2, 0.25) is 0 Å². The Morgan fingerprint density at radius 2 is 1.69 bits per heavy atom. The van der Waals surface area contributed by atoms with Gasteiger partial charge in [-0.25, -0.2) is 0 Å². The van der Waals surface area contributed by atoms with Gasteiger partial charge in [0.15, 0.2) is 0 Å². The van der Waals surface area contributed by atoms with Crippen LogP contribution >= 0.6 is 0 Å². The average Bonchev–Trinajstić information content (AvgIpc) is 2.93. The minimum atomic E-state index is 0.792. The van der Waals surface area contributed by atoms with Crippen LogP contribution < -0.4 is 10.9 Å². The zero-order valence-electron chi connectivity index (χ0n) is 8.94. The lowest BCUT2D eigenvalue weighted by Crippen LogP contribution is -2.34. The van der Waals surface area contributed by atoms with Gasteiger partial charge in [0, 0.05) is 12.6 Å². The molecule has 1 aliphatic rings. The summed E-state index contributed by atoms with van der Waals surface area (Å²) in [6, 6.07) is 0.792. The van der Waals surface area contributed by atoms with E-state index in [9.17, 15) is 0 Å². The Labute approximate surface area is 82.5 Å². The van der Waals surface area contributed by atoms with Gasteiger partial charge in [-0.1, -0.05) is 39.0 Å². The van der Waals surface area contributed by atoms with E-state index in [0.29, 0.717) is 0 Å². The zero-order valence-corrected chi connectivity index (χ0v) is 8.94. The summed E-state index contributed by atoms with van der Waals surface area (Å²) >= 11 is 0. The molecular formula is C11H24N2. The first-order chi connectivity index (χ1) is 6.43. The zero-order chi connectivity index (χ0) is 9.36. The van der Waals surface area contributed by atoms with Gasteiger partial charge in [-0.05, 0) is 19.3 Å². The van der Waals surface area contributed by atoms with Crippen LogP contribution in [0, 0.1) is 0 Å². The molecule has 2 heteroatoms. The average molecular weight is 184 g/mol. The molecule has 1 saturated carbocycles. The lowest BCUT2D eigenvalue weighted by molar-refractivity contribution is 0.497. The number of hydrogen-bond donors (Lipinski definition) is 2. The highest BCUT2D eigenvalue weighted by molar-refractivity contribution is 4.78. The predicted molar refractivity (Wildman–Crippen MR) is 57.5 cm³/mol. The normalized spacial score (nSPS) is 16.4. The minimum Gasteiger partial charge on any atom is -0.258 e. The third kappa shape index (κ3) is 7.03. The molecule has 0 spiro atoms. The van der Waals surface area contributed by atoms with E-state index in [4.69, 9.17) is 0 Å². The standard InChI is InChI=1S/C11H24N2/c1-2-3-4-5-6-7-10-12-13-11-8-9-11/h11-13H,2-10H2,1H3. The Kier molecular flexibility index (Phi) is 6.21. The van der Waals surface area contributed by atoms with Crippen LogP contribution in [0.1, 0.15) is 58.3 Å². The molecule has 0 heterocycles. The van der Waals surface area contributed by atoms with Gasteiger partial charge in [-0.15, -0.1) is 0 Å². The highest BCUT2D eigenvalue weighted by atomic mass is 15.4. The predicted octanol–water partition coefficient (Wildman–Crippen LogP) is 2.60. The molecule has 0 amide bonds. The second-order valence-electron chi connectivity index (χ2n) is 4.11. The summed E-state index contributed by atoms with van der Waals surface area (Å²) in [6.45, 7) is 3.41. The van der Waals surface area contributed by atoms with E-state index in [1.165, 1.54) is 51.4 Å². The number of unbranched alkanes of at least 4 members (excludes halogenated alkanes) is 5. The van der Waals surface area contributed by atoms with E-state index in [1.807, 2.05) is 0 Å². The molecule has 2 N–H and O–H groups in total. The van der Waals surface area contributed by atoms with E-state index < -0.39 is 0 Å². The van der Waals surface area contributed by atoms with E-state index in [1.54, 1.807) is 0 Å². The molecule has 0 aliphatic heterocycles. The fourth-order valence-corrected chi connectivity index (χ4v) is 1.44. The smallest absolute Gasteiger partial charge is 0.0214 e. The lowest BCUT2D eigenvalue weighted by Gasteiger charge is -2.04. The molecule has 0 aromatic heterocycles. The maximum absolute atomic E-state index is 3.31. The van der Waals surface area contributed by atoms with Crippen molar-refractivity contribution in [2.24, 2.45) is 0 Å². The molecular weight excluding hydrogens is 160 g/mol. The van der Waals surface area contributed by atoms with Crippen LogP contribution in [0.3, 0.4) is 0 Å². The third-order valence-corrected chi connectivity index (χ3v) is 2.54. The second-order valence-corrected chi connectivity index (χ2v) is 4.11. The first-order valence-electron chi connectivity index (χ1n) is 5.92. The fourth-order valence-electron chi connectivity index (χ4n) is 1.44. The van der Waals surface area contributed by atoms with Gasteiger partial charge in [0.1, 0.15) is 0 Å². The van der Waals surface area contributed by atoms with Gasteiger partial charge in [0.25, 0.3) is 0 Å². The molecule has 2 nitrogen and oxygen atoms in total. The first kappa shape index (κ1) is 11.0. The SMILES string of the molecule is CCCCCCCCNNC1CC1. The van der Waals surface area contributed by atoms with Gasteiger partial charge in [-0.2, -0.15) is 0 Å². The van der Waals surface area contributed by atoms with Crippen molar-refractivity contribution in [3.63, 3.8) is 0 Å². The summed E-state index contributed by atoms with van der Waals surface area (Å²) < 4.78 is 0. The molecule has 0 atom stereocenters. The van der Waals surface area contributed by atoms with Crippen molar-refractivity contribution in [3.8, 4) is 0 Å². The Balaban J connectivity index is 1.63. The summed E-state index contributed by atoms with van der Waals surface area (Å²) in [4.78, 5) is 0. The molecule has 13 heavy (non-hydrogen) atoms. The molecule has 0 unspecified atom stereocenters. The summed E-state index contributed by atoms with van der Waals surface area (Å²) in [5, 5.41) is 0. The molecule has 1 aliphatic carbocycles. The Morgan fingerprint density at radius 3 is 2.38 bits per heavy atom. The molecule has 0 saturated heterocycles. The van der Waals surface area contributed by atoms with E-state index in [2.05, 4.69) is 17.8 Å². The Hall–Kier alpha value is -0.0800. The van der Waals surface area contributed by atoms with Crippen molar-refractivity contribution in [1.82, 2.24) is 10.9 Å². The summed E-state index contributed by atoms with van der Waals surface area (Å²) in [6.07, 6.45) is 11.0. The second kappa shape index (κ2) is 7.34. The highest BCUT2D eigenvalue weighted by Gasteiger charge is 2.19. The number of hydrogen-bond acceptors (Lipinski definition) is 2. The quantitative estimate of drug-likeness (QED) is 0.425. The summed E-state index contributed by atoms with van der Waals surface area (Å²) in [7, 11) is 0. The van der Waals surface area contributed by atoms with Gasteiger partial charge < -0.3 is 0 Å². The maximum Gasteiger partial charge on any atom is 0.0214 e. The van der Waals surface area contributed by atoms with Crippen molar-refractivity contribution in [1.29, 1.82) is 0 Å². The van der Waals surface area contributed by atoms with Crippen LogP contribution in [0.2, 0.25) is 0 Å². The Bertz CT molecular complexity index is 111. The Morgan fingerprint density at radius 1 is 1.00 bits per heavy atom. The molecule has 1 fully saturated rings. The molecule has 0 radical (unpaired) electrons. The maximum atomic E-state index is 3.31. The number of hydrazine groups is 1. The van der Waals surface area contributed by atoms with E-state index >= 15 is 0 Å². The van der Waals surface area contributed by atoms with E-state index in [0.717, 1.165) is 12.6 Å². The van der Waals surface area contributed by atoms with Crippen molar-refractivity contribution in [2.45, 2.75) is 64.3 Å². The van der Waals surface area contributed by atoms with Crippen LogP contribution in [-0.2, 0) is 0 Å². The van der Waals surface area contributed by atoms with Gasteiger partial charge in [-0.3, -0.25) is 10.9 Å². The van der Waals surface area contributed by atoms with Crippen molar-refractivity contribution in [3.05, 3.63) is 0 Å². The molecule has 0 bridgehead atoms. The number of nitrogens with one attached hydrogen (secondary N) is 2. The fraction of sp³-hybridized carbons (Fsp3) is 1.00. The van der Waals surface area contributed by atoms with Crippen LogP contribution in [0.4, 0.5) is 0 Å². The molecule has 0 aromatic rings. The van der Waals surface area contributed by atoms with Crippen LogP contribution in [0.15, 0.2) is 0 Å². The first-order valence-corrected chi connectivity index (χ1v) is 5.92. The van der Waals surface area contributed by atoms with Crippen LogP contribution in [-0.4, -0.2) is 12.6 Å². The molecule has 78 valence electrons. The lowest BCUT2D eigenvalue weighted by atomic mass is 10.1.